The van der Waals surface area contributed by atoms with Crippen molar-refractivity contribution in [2.45, 2.75) is 65.1 Å². The maximum Gasteiger partial charge on any atom is 0.333 e. The number of ether oxygens (including phenoxy) is 1. The molecule has 1 aromatic rings. The second-order valence-electron chi connectivity index (χ2n) is 5.68. The number of rotatable bonds is 5. The fourth-order valence-electron chi connectivity index (χ4n) is 2.40. The van der Waals surface area contributed by atoms with E-state index in [1.165, 1.54) is 12.0 Å². The summed E-state index contributed by atoms with van der Waals surface area (Å²) >= 11 is 0. The Morgan fingerprint density at radius 1 is 1.04 bits per heavy atom. The van der Waals surface area contributed by atoms with E-state index in [0.717, 1.165) is 32.1 Å². The van der Waals surface area contributed by atoms with Gasteiger partial charge in [0, 0.05) is 19.4 Å². The van der Waals surface area contributed by atoms with E-state index in [1.54, 1.807) is 6.92 Å². The average Bonchev–Trinajstić information content (AvgIpc) is 2.56. The molecule has 0 bridgehead atoms. The van der Waals surface area contributed by atoms with E-state index in [4.69, 9.17) is 4.74 Å². The van der Waals surface area contributed by atoms with Crippen molar-refractivity contribution in [2.75, 3.05) is 13.2 Å². The first kappa shape index (κ1) is 24.0. The summed E-state index contributed by atoms with van der Waals surface area (Å²) in [6.45, 7) is 6.35. The van der Waals surface area contributed by atoms with Crippen molar-refractivity contribution in [1.82, 2.24) is 0 Å². The lowest BCUT2D eigenvalue weighted by Gasteiger charge is -2.31. The van der Waals surface area contributed by atoms with Crippen LogP contribution < -0.4 is 5.14 Å². The summed E-state index contributed by atoms with van der Waals surface area (Å²) in [5.41, 5.74) is 1.41. The molecule has 0 atom stereocenters. The zero-order valence-electron chi connectivity index (χ0n) is 15.6. The third-order valence-corrected chi connectivity index (χ3v) is 4.15. The van der Waals surface area contributed by atoms with Crippen LogP contribution in [0.15, 0.2) is 30.3 Å². The van der Waals surface area contributed by atoms with Gasteiger partial charge in [0.2, 0.25) is 0 Å². The fourth-order valence-corrected chi connectivity index (χ4v) is 2.72. The Morgan fingerprint density at radius 3 is 1.92 bits per heavy atom. The molecule has 0 aromatic heterocycles. The minimum absolute atomic E-state index is 0.0961. The SMILES string of the molecule is CCOC1(O)CCCCC1.CCOS(N)(=O)=O.CCc1ccccc1. The van der Waals surface area contributed by atoms with E-state index in [9.17, 15) is 13.5 Å². The lowest BCUT2D eigenvalue weighted by Crippen LogP contribution is -2.34. The van der Waals surface area contributed by atoms with Gasteiger partial charge in [-0.05, 0) is 38.7 Å². The highest BCUT2D eigenvalue weighted by atomic mass is 32.2. The molecule has 1 aliphatic carbocycles. The first-order valence-electron chi connectivity index (χ1n) is 8.83. The predicted octanol–water partition coefficient (Wildman–Crippen LogP) is 3.15. The molecule has 146 valence electrons. The van der Waals surface area contributed by atoms with Crippen molar-refractivity contribution < 1.29 is 22.4 Å². The minimum atomic E-state index is -3.67. The van der Waals surface area contributed by atoms with Gasteiger partial charge in [-0.3, -0.25) is 4.18 Å². The van der Waals surface area contributed by atoms with Gasteiger partial charge in [-0.2, -0.15) is 8.42 Å². The molecule has 0 spiro atoms. The van der Waals surface area contributed by atoms with Crippen LogP contribution in [0.25, 0.3) is 0 Å². The smallest absolute Gasteiger partial charge is 0.333 e. The molecule has 0 heterocycles. The summed E-state index contributed by atoms with van der Waals surface area (Å²) < 4.78 is 28.8. The number of hydrogen-bond donors (Lipinski definition) is 2. The molecule has 7 heteroatoms. The zero-order valence-corrected chi connectivity index (χ0v) is 16.4. The van der Waals surface area contributed by atoms with E-state index in [-0.39, 0.29) is 6.61 Å². The number of aryl methyl sites for hydroxylation is 1. The van der Waals surface area contributed by atoms with Crippen LogP contribution in [0.3, 0.4) is 0 Å². The molecular formula is C18H33NO5S. The number of nitrogens with two attached hydrogens (primary N) is 1. The molecule has 1 saturated carbocycles. The maximum absolute atomic E-state index is 9.79. The van der Waals surface area contributed by atoms with Crippen LogP contribution in [0.5, 0.6) is 0 Å². The van der Waals surface area contributed by atoms with Crippen molar-refractivity contribution >= 4 is 10.3 Å². The summed E-state index contributed by atoms with van der Waals surface area (Å²) in [5.74, 6) is -0.771. The topological polar surface area (TPSA) is 98.8 Å². The first-order valence-corrected chi connectivity index (χ1v) is 10.3. The van der Waals surface area contributed by atoms with Gasteiger partial charge in [-0.25, -0.2) is 5.14 Å². The molecule has 1 fully saturated rings. The highest BCUT2D eigenvalue weighted by Crippen LogP contribution is 2.28. The molecule has 0 amide bonds. The van der Waals surface area contributed by atoms with E-state index < -0.39 is 16.1 Å². The molecule has 0 unspecified atom stereocenters. The average molecular weight is 376 g/mol. The summed E-state index contributed by atoms with van der Waals surface area (Å²) in [6.07, 6.45) is 6.24. The maximum atomic E-state index is 9.79. The van der Waals surface area contributed by atoms with Gasteiger partial charge in [-0.15, -0.1) is 0 Å². The number of benzene rings is 1. The minimum Gasteiger partial charge on any atom is -0.365 e. The summed E-state index contributed by atoms with van der Waals surface area (Å²) in [6, 6.07) is 10.5. The molecule has 25 heavy (non-hydrogen) atoms. The lowest BCUT2D eigenvalue weighted by molar-refractivity contribution is -0.217. The van der Waals surface area contributed by atoms with Crippen LogP contribution in [0.1, 0.15) is 58.4 Å². The Hall–Kier alpha value is -0.990. The highest BCUT2D eigenvalue weighted by molar-refractivity contribution is 7.84. The number of aliphatic hydroxyl groups is 1. The van der Waals surface area contributed by atoms with Crippen LogP contribution in [0.2, 0.25) is 0 Å². The third kappa shape index (κ3) is 13.9. The van der Waals surface area contributed by atoms with Crippen molar-refractivity contribution in [3.05, 3.63) is 35.9 Å². The van der Waals surface area contributed by atoms with Crippen LogP contribution in [0.4, 0.5) is 0 Å². The summed E-state index contributed by atoms with van der Waals surface area (Å²) in [7, 11) is -3.67. The van der Waals surface area contributed by atoms with Crippen molar-refractivity contribution in [3.8, 4) is 0 Å². The Balaban J connectivity index is 0.000000353. The van der Waals surface area contributed by atoms with E-state index in [0.29, 0.717) is 6.61 Å². The molecule has 1 aliphatic rings. The van der Waals surface area contributed by atoms with E-state index >= 15 is 0 Å². The Morgan fingerprint density at radius 2 is 1.60 bits per heavy atom. The Bertz CT molecular complexity index is 522. The zero-order chi connectivity index (χ0) is 19.2. The molecular weight excluding hydrogens is 342 g/mol. The van der Waals surface area contributed by atoms with Gasteiger partial charge in [0.05, 0.1) is 6.61 Å². The highest BCUT2D eigenvalue weighted by Gasteiger charge is 2.28. The monoisotopic (exact) mass is 375 g/mol. The van der Waals surface area contributed by atoms with Crippen molar-refractivity contribution in [3.63, 3.8) is 0 Å². The van der Waals surface area contributed by atoms with E-state index in [2.05, 4.69) is 40.5 Å². The fraction of sp³-hybridized carbons (Fsp3) is 0.667. The van der Waals surface area contributed by atoms with Gasteiger partial charge in [0.25, 0.3) is 0 Å². The molecule has 2 rings (SSSR count). The van der Waals surface area contributed by atoms with Gasteiger partial charge in [0.1, 0.15) is 0 Å². The molecule has 1 aromatic carbocycles. The molecule has 0 aliphatic heterocycles. The van der Waals surface area contributed by atoms with Crippen molar-refractivity contribution in [1.29, 1.82) is 0 Å². The van der Waals surface area contributed by atoms with Crippen LogP contribution in [0, 0.1) is 0 Å². The third-order valence-electron chi connectivity index (χ3n) is 3.58. The normalized spacial score (nSPS) is 16.0. The quantitative estimate of drug-likeness (QED) is 0.770. The standard InChI is InChI=1S/C8H16O2.C8H10.C2H7NO3S/c1-2-10-8(9)6-4-3-5-7-8;1-2-8-6-4-3-5-7-8;1-2-6-7(3,4)5/h9H,2-7H2,1H3;3-7H,2H2,1H3;2H2,1H3,(H2,3,4,5). The van der Waals surface area contributed by atoms with Crippen LogP contribution >= 0.6 is 0 Å². The van der Waals surface area contributed by atoms with E-state index in [1.807, 2.05) is 13.0 Å². The first-order chi connectivity index (χ1) is 11.8. The van der Waals surface area contributed by atoms with Gasteiger partial charge in [-0.1, -0.05) is 43.7 Å². The molecule has 0 radical (unpaired) electrons. The molecule has 0 saturated heterocycles. The van der Waals surface area contributed by atoms with Gasteiger partial charge >= 0.3 is 10.3 Å². The lowest BCUT2D eigenvalue weighted by atomic mass is 9.94. The Labute approximate surface area is 152 Å². The summed E-state index contributed by atoms with van der Waals surface area (Å²) in [5, 5.41) is 14.0. The molecule has 3 N–H and O–H groups in total. The Kier molecular flexibility index (Phi) is 12.7. The number of hydrogen-bond acceptors (Lipinski definition) is 5. The van der Waals surface area contributed by atoms with Crippen LogP contribution in [-0.4, -0.2) is 32.5 Å². The van der Waals surface area contributed by atoms with Gasteiger partial charge in [0.15, 0.2) is 5.79 Å². The second-order valence-corrected chi connectivity index (χ2v) is 6.90. The van der Waals surface area contributed by atoms with Crippen molar-refractivity contribution in [2.24, 2.45) is 5.14 Å². The molecule has 6 nitrogen and oxygen atoms in total. The van der Waals surface area contributed by atoms with Gasteiger partial charge < -0.3 is 9.84 Å². The second kappa shape index (κ2) is 13.2. The largest absolute Gasteiger partial charge is 0.365 e. The van der Waals surface area contributed by atoms with Crippen LogP contribution in [-0.2, 0) is 25.6 Å². The summed E-state index contributed by atoms with van der Waals surface area (Å²) in [4.78, 5) is 0. The predicted molar refractivity (Wildman–Crippen MR) is 100 cm³/mol.